The Balaban J connectivity index is 0.00000128. The van der Waals surface area contributed by atoms with Crippen molar-refractivity contribution < 1.29 is 17.4 Å². The zero-order valence-corrected chi connectivity index (χ0v) is 23.6. The first-order valence-corrected chi connectivity index (χ1v) is 24.0. The van der Waals surface area contributed by atoms with Gasteiger partial charge in [0.1, 0.15) is 0 Å². The predicted octanol–water partition coefficient (Wildman–Crippen LogP) is 7.48. The van der Waals surface area contributed by atoms with Crippen molar-refractivity contribution >= 4 is 37.3 Å². The van der Waals surface area contributed by atoms with Gasteiger partial charge in [0.15, 0.2) is 0 Å². The summed E-state index contributed by atoms with van der Waals surface area (Å²) in [6.07, 6.45) is 0. The Kier molecular flexibility index (Phi) is 6.24. The molecule has 0 nitrogen and oxygen atoms in total. The molecule has 0 fully saturated rings. The summed E-state index contributed by atoms with van der Waals surface area (Å²) in [6.45, 7) is 7.16. The van der Waals surface area contributed by atoms with E-state index < -0.39 is 17.4 Å². The van der Waals surface area contributed by atoms with Crippen molar-refractivity contribution in [1.29, 1.82) is 0 Å². The fraction of sp³-hybridized carbons (Fsp3) is 0.231. The molecule has 0 bridgehead atoms. The van der Waals surface area contributed by atoms with Gasteiger partial charge in [0.25, 0.3) is 0 Å². The van der Waals surface area contributed by atoms with Gasteiger partial charge in [0.2, 0.25) is 0 Å². The standard InChI is InChI=1S/C13H9.C11H11.2CH3.2ClH.H2Si.Zr/c1-3-7-12-10(5-1)9-11-6-2-4-8-13(11)12;1-8-7-10-5-3-4-6-11(10)9(8)2;;;;;;/h1-9H;3-7H,1-2H3;2*1H3;2*1H;1H2;. The van der Waals surface area contributed by atoms with Crippen LogP contribution in [0.2, 0.25) is 9.26 Å². The number of benzene rings is 3. The molecule has 0 saturated heterocycles. The third kappa shape index (κ3) is 3.18. The van der Waals surface area contributed by atoms with Gasteiger partial charge in [-0.1, -0.05) is 0 Å². The van der Waals surface area contributed by atoms with Gasteiger partial charge in [-0.2, -0.15) is 0 Å². The van der Waals surface area contributed by atoms with Crippen molar-refractivity contribution in [2.75, 3.05) is 0 Å². The second-order valence-electron chi connectivity index (χ2n) is 9.87. The molecule has 1 unspecified atom stereocenters. The topological polar surface area (TPSA) is 0 Å². The van der Waals surface area contributed by atoms with E-state index in [1.807, 2.05) is 0 Å². The molecule has 5 rings (SSSR count). The van der Waals surface area contributed by atoms with E-state index in [4.69, 9.17) is 0 Å². The van der Waals surface area contributed by atoms with E-state index in [1.165, 1.54) is 22.3 Å². The number of allylic oxidation sites excluding steroid dienone is 2. The van der Waals surface area contributed by atoms with Gasteiger partial charge in [0, 0.05) is 0 Å². The molecule has 0 aliphatic heterocycles. The largest absolute Gasteiger partial charge is 0.147 e. The Morgan fingerprint density at radius 1 is 0.600 bits per heavy atom. The van der Waals surface area contributed by atoms with Crippen LogP contribution in [0.5, 0.6) is 0 Å². The van der Waals surface area contributed by atoms with E-state index in [9.17, 15) is 0 Å². The van der Waals surface area contributed by atoms with Gasteiger partial charge in [-0.3, -0.25) is 0 Å². The molecule has 156 valence electrons. The van der Waals surface area contributed by atoms with Crippen LogP contribution in [-0.4, -0.2) is 6.88 Å². The summed E-state index contributed by atoms with van der Waals surface area (Å²) in [4.78, 5) is 0. The summed E-state index contributed by atoms with van der Waals surface area (Å²) in [6, 6.07) is 27.5. The first kappa shape index (κ1) is 23.7. The maximum absolute atomic E-state index is 3.36. The van der Waals surface area contributed by atoms with Gasteiger partial charge < -0.3 is 0 Å². The van der Waals surface area contributed by atoms with Crippen molar-refractivity contribution in [2.45, 2.75) is 30.4 Å². The molecule has 3 aromatic rings. The number of hydrogen-bond donors (Lipinski definition) is 0. The maximum Gasteiger partial charge on any atom is -0.147 e. The molecule has 0 spiro atoms. The molecule has 0 heterocycles. The molecule has 2 aliphatic rings. The number of hydrogen-bond acceptors (Lipinski definition) is 0. The van der Waals surface area contributed by atoms with Crippen molar-refractivity contribution in [2.24, 2.45) is 0 Å². The van der Waals surface area contributed by atoms with Gasteiger partial charge in [-0.15, -0.1) is 24.8 Å². The average Bonchev–Trinajstić information content (AvgIpc) is 3.15. The number of rotatable bonds is 2. The molecule has 30 heavy (non-hydrogen) atoms. The monoisotopic (exact) mass is 530 g/mol. The summed E-state index contributed by atoms with van der Waals surface area (Å²) in [5.74, 6) is 0. The van der Waals surface area contributed by atoms with E-state index >= 15 is 0 Å². The average molecular weight is 533 g/mol. The first-order chi connectivity index (χ1) is 13.3. The van der Waals surface area contributed by atoms with Crippen molar-refractivity contribution in [3.05, 3.63) is 101 Å². The summed E-state index contributed by atoms with van der Waals surface area (Å²) < 4.78 is 6.62. The molecule has 0 radical (unpaired) electrons. The Bertz CT molecular complexity index is 1190. The summed E-state index contributed by atoms with van der Waals surface area (Å²) in [5.41, 5.74) is 12.3. The van der Waals surface area contributed by atoms with E-state index in [0.29, 0.717) is 7.25 Å². The van der Waals surface area contributed by atoms with Crippen LogP contribution in [0, 0.1) is 0 Å². The smallest absolute Gasteiger partial charge is 0.147 e. The van der Waals surface area contributed by atoms with E-state index in [0.717, 1.165) is 0 Å². The summed E-state index contributed by atoms with van der Waals surface area (Å²) >= 11 is -3.36. The van der Waals surface area contributed by atoms with Gasteiger partial charge in [0.05, 0.1) is 0 Å². The van der Waals surface area contributed by atoms with Gasteiger partial charge in [-0.25, -0.2) is 0 Å². The minimum Gasteiger partial charge on any atom is -0.147 e. The first-order valence-electron chi connectivity index (χ1n) is 10.3. The Labute approximate surface area is 195 Å². The molecule has 3 aromatic carbocycles. The fourth-order valence-electron chi connectivity index (χ4n) is 6.32. The third-order valence-corrected chi connectivity index (χ3v) is 24.9. The van der Waals surface area contributed by atoms with Crippen molar-refractivity contribution in [1.82, 2.24) is 0 Å². The second kappa shape index (κ2) is 7.89. The molecular formula is C26H30Cl2SiZr. The Morgan fingerprint density at radius 2 is 0.967 bits per heavy atom. The van der Waals surface area contributed by atoms with Crippen molar-refractivity contribution in [3.8, 4) is 11.1 Å². The van der Waals surface area contributed by atoms with Crippen LogP contribution in [0.3, 0.4) is 0 Å². The Morgan fingerprint density at radius 3 is 1.43 bits per heavy atom. The third-order valence-electron chi connectivity index (χ3n) is 7.43. The molecule has 4 heteroatoms. The SMILES string of the molecule is CC1=C(C)[CH]([Zr]([CH3])([CH3])(=[SiH2])[CH]2c3ccccc3-c3ccccc32)c2ccccc21.Cl.Cl. The van der Waals surface area contributed by atoms with E-state index in [-0.39, 0.29) is 24.8 Å². The van der Waals surface area contributed by atoms with Crippen LogP contribution in [-0.2, 0) is 17.4 Å². The minimum absolute atomic E-state index is 0. The van der Waals surface area contributed by atoms with Crippen LogP contribution < -0.4 is 0 Å². The van der Waals surface area contributed by atoms with Crippen LogP contribution in [0.15, 0.2) is 78.4 Å². The molecule has 0 saturated carbocycles. The quantitative estimate of drug-likeness (QED) is 0.300. The second-order valence-corrected chi connectivity index (χ2v) is 40.3. The van der Waals surface area contributed by atoms with E-state index in [1.54, 1.807) is 22.3 Å². The van der Waals surface area contributed by atoms with Gasteiger partial charge in [-0.05, 0) is 0 Å². The normalized spacial score (nSPS) is 17.6. The minimum atomic E-state index is -3.36. The van der Waals surface area contributed by atoms with Gasteiger partial charge >= 0.3 is 172 Å². The number of halogens is 2. The van der Waals surface area contributed by atoms with Crippen LogP contribution in [0.1, 0.15) is 43.4 Å². The van der Waals surface area contributed by atoms with Crippen molar-refractivity contribution in [3.63, 3.8) is 0 Å². The molecule has 0 N–H and O–H groups in total. The molecule has 0 amide bonds. The molecule has 2 aliphatic carbocycles. The molecular weight excluding hydrogens is 503 g/mol. The zero-order valence-electron chi connectivity index (χ0n) is 18.1. The zero-order chi connectivity index (χ0) is 19.7. The van der Waals surface area contributed by atoms with E-state index in [2.05, 4.69) is 103 Å². The number of fused-ring (bicyclic) bond motifs is 4. The van der Waals surface area contributed by atoms with Crippen LogP contribution in [0.4, 0.5) is 0 Å². The fourth-order valence-corrected chi connectivity index (χ4v) is 26.3. The van der Waals surface area contributed by atoms with Crippen LogP contribution >= 0.6 is 24.8 Å². The summed E-state index contributed by atoms with van der Waals surface area (Å²) in [7, 11) is 0. The predicted molar refractivity (Wildman–Crippen MR) is 136 cm³/mol. The summed E-state index contributed by atoms with van der Waals surface area (Å²) in [5, 5.41) is 0. The Hall–Kier alpha value is -0.920. The molecule has 1 atom stereocenters. The maximum atomic E-state index is 2.72. The molecule has 0 aromatic heterocycles. The van der Waals surface area contributed by atoms with Crippen LogP contribution in [0.25, 0.3) is 16.7 Å².